The van der Waals surface area contributed by atoms with Gasteiger partial charge in [-0.2, -0.15) is 0 Å². The first kappa shape index (κ1) is 15.0. The molecule has 5 heteroatoms. The monoisotopic (exact) mass is 256 g/mol. The van der Waals surface area contributed by atoms with E-state index in [1.807, 2.05) is 0 Å². The summed E-state index contributed by atoms with van der Waals surface area (Å²) < 4.78 is 0. The van der Waals surface area contributed by atoms with Crippen molar-refractivity contribution in [3.05, 3.63) is 0 Å². The molecule has 0 spiro atoms. The molecular formula is C13H24N2O3. The first-order valence-corrected chi connectivity index (χ1v) is 6.77. The van der Waals surface area contributed by atoms with Crippen LogP contribution < -0.4 is 5.32 Å². The van der Waals surface area contributed by atoms with Gasteiger partial charge in [0.25, 0.3) is 0 Å². The molecule has 2 unspecified atom stereocenters. The average Bonchev–Trinajstić information content (AvgIpc) is 2.36. The predicted octanol–water partition coefficient (Wildman–Crippen LogP) is 1.09. The van der Waals surface area contributed by atoms with Crippen LogP contribution in [0.15, 0.2) is 0 Å². The minimum absolute atomic E-state index is 0.187. The number of carbonyl (C=O) groups excluding carboxylic acids is 1. The summed E-state index contributed by atoms with van der Waals surface area (Å²) in [6, 6.07) is 0.458. The number of nitrogens with one attached hydrogen (secondary N) is 1. The molecule has 1 heterocycles. The topological polar surface area (TPSA) is 69.6 Å². The number of rotatable bonds is 6. The van der Waals surface area contributed by atoms with E-state index in [1.54, 1.807) is 0 Å². The van der Waals surface area contributed by atoms with Gasteiger partial charge in [0.2, 0.25) is 5.91 Å². The highest BCUT2D eigenvalue weighted by Gasteiger charge is 2.27. The second-order valence-electron chi connectivity index (χ2n) is 5.09. The fraction of sp³-hybridized carbons (Fsp3) is 0.846. The summed E-state index contributed by atoms with van der Waals surface area (Å²) in [5.74, 6) is -0.606. The van der Waals surface area contributed by atoms with E-state index in [0.29, 0.717) is 18.5 Å². The van der Waals surface area contributed by atoms with Crippen LogP contribution in [0.1, 0.15) is 39.5 Å². The highest BCUT2D eigenvalue weighted by molar-refractivity contribution is 5.82. The molecule has 1 rings (SSSR count). The van der Waals surface area contributed by atoms with Gasteiger partial charge in [-0.3, -0.25) is 14.5 Å². The van der Waals surface area contributed by atoms with Crippen molar-refractivity contribution in [2.24, 2.45) is 5.92 Å². The van der Waals surface area contributed by atoms with Crippen LogP contribution >= 0.6 is 0 Å². The van der Waals surface area contributed by atoms with Gasteiger partial charge in [-0.1, -0.05) is 26.7 Å². The Balaban J connectivity index is 2.46. The van der Waals surface area contributed by atoms with Crippen molar-refractivity contribution < 1.29 is 14.7 Å². The Morgan fingerprint density at radius 1 is 1.44 bits per heavy atom. The lowest BCUT2D eigenvalue weighted by atomic mass is 9.90. The van der Waals surface area contributed by atoms with E-state index in [2.05, 4.69) is 24.1 Å². The Bertz CT molecular complexity index is 294. The number of carboxylic acids is 1. The molecule has 104 valence electrons. The van der Waals surface area contributed by atoms with E-state index in [4.69, 9.17) is 5.11 Å². The van der Waals surface area contributed by atoms with Gasteiger partial charge in [-0.15, -0.1) is 0 Å². The molecular weight excluding hydrogens is 232 g/mol. The van der Waals surface area contributed by atoms with Gasteiger partial charge in [0.05, 0.1) is 6.54 Å². The van der Waals surface area contributed by atoms with Crippen molar-refractivity contribution >= 4 is 11.9 Å². The molecule has 1 amide bonds. The van der Waals surface area contributed by atoms with E-state index in [-0.39, 0.29) is 12.5 Å². The second kappa shape index (κ2) is 7.36. The van der Waals surface area contributed by atoms with Crippen LogP contribution in [-0.2, 0) is 9.59 Å². The molecule has 18 heavy (non-hydrogen) atoms. The van der Waals surface area contributed by atoms with E-state index >= 15 is 0 Å². The van der Waals surface area contributed by atoms with Crippen LogP contribution in [0.4, 0.5) is 0 Å². The molecule has 0 aromatic carbocycles. The third-order valence-electron chi connectivity index (χ3n) is 3.75. The van der Waals surface area contributed by atoms with Crippen LogP contribution in [-0.4, -0.2) is 47.6 Å². The Hall–Kier alpha value is -1.10. The van der Waals surface area contributed by atoms with Crippen molar-refractivity contribution in [1.82, 2.24) is 10.2 Å². The molecule has 2 N–H and O–H groups in total. The third kappa shape index (κ3) is 4.64. The van der Waals surface area contributed by atoms with Crippen LogP contribution in [0, 0.1) is 5.92 Å². The lowest BCUT2D eigenvalue weighted by Crippen LogP contribution is -2.48. The van der Waals surface area contributed by atoms with E-state index in [9.17, 15) is 9.59 Å². The quantitative estimate of drug-likeness (QED) is 0.746. The number of likely N-dealkylation sites (tertiary alicyclic amines) is 1. The Kier molecular flexibility index (Phi) is 6.12. The average molecular weight is 256 g/mol. The molecule has 0 bridgehead atoms. The van der Waals surface area contributed by atoms with Crippen LogP contribution in [0.2, 0.25) is 0 Å². The SMILES string of the molecule is CCC(C)C1CCCCN1CC(=O)NCC(=O)O. The Labute approximate surface area is 109 Å². The molecule has 0 radical (unpaired) electrons. The summed E-state index contributed by atoms with van der Waals surface area (Å²) in [6.07, 6.45) is 4.60. The largest absolute Gasteiger partial charge is 0.480 e. The lowest BCUT2D eigenvalue weighted by molar-refractivity contribution is -0.138. The number of aliphatic carboxylic acids is 1. The van der Waals surface area contributed by atoms with Crippen LogP contribution in [0.3, 0.4) is 0 Å². The molecule has 1 aliphatic heterocycles. The normalized spacial score (nSPS) is 22.4. The Morgan fingerprint density at radius 3 is 2.78 bits per heavy atom. The highest BCUT2D eigenvalue weighted by atomic mass is 16.4. The lowest BCUT2D eigenvalue weighted by Gasteiger charge is -2.38. The summed E-state index contributed by atoms with van der Waals surface area (Å²) in [4.78, 5) is 24.2. The zero-order valence-electron chi connectivity index (χ0n) is 11.3. The summed E-state index contributed by atoms with van der Waals surface area (Å²) in [7, 11) is 0. The molecule has 0 aliphatic carbocycles. The third-order valence-corrected chi connectivity index (χ3v) is 3.75. The molecule has 0 aromatic rings. The zero-order chi connectivity index (χ0) is 13.5. The number of hydrogen-bond acceptors (Lipinski definition) is 3. The minimum Gasteiger partial charge on any atom is -0.480 e. The second-order valence-corrected chi connectivity index (χ2v) is 5.09. The maximum absolute atomic E-state index is 11.7. The summed E-state index contributed by atoms with van der Waals surface area (Å²) >= 11 is 0. The van der Waals surface area contributed by atoms with Crippen molar-refractivity contribution in [2.45, 2.75) is 45.6 Å². The maximum atomic E-state index is 11.7. The van der Waals surface area contributed by atoms with Gasteiger partial charge >= 0.3 is 5.97 Å². The summed E-state index contributed by atoms with van der Waals surface area (Å²) in [5.41, 5.74) is 0. The van der Waals surface area contributed by atoms with Crippen molar-refractivity contribution in [1.29, 1.82) is 0 Å². The molecule has 0 saturated carbocycles. The first-order valence-electron chi connectivity index (χ1n) is 6.77. The standard InChI is InChI=1S/C13H24N2O3/c1-3-10(2)11-6-4-5-7-15(11)9-12(16)14-8-13(17)18/h10-11H,3-9H2,1-2H3,(H,14,16)(H,17,18). The highest BCUT2D eigenvalue weighted by Crippen LogP contribution is 2.24. The van der Waals surface area contributed by atoms with Gasteiger partial charge in [0.1, 0.15) is 6.54 Å². The first-order chi connectivity index (χ1) is 8.54. The fourth-order valence-corrected chi connectivity index (χ4v) is 2.54. The fourth-order valence-electron chi connectivity index (χ4n) is 2.54. The minimum atomic E-state index is -1.000. The number of carbonyl (C=O) groups is 2. The molecule has 1 fully saturated rings. The van der Waals surface area contributed by atoms with Gasteiger partial charge < -0.3 is 10.4 Å². The molecule has 2 atom stereocenters. The van der Waals surface area contributed by atoms with Gasteiger partial charge in [0, 0.05) is 6.04 Å². The smallest absolute Gasteiger partial charge is 0.322 e. The number of nitrogens with zero attached hydrogens (tertiary/aromatic N) is 1. The summed E-state index contributed by atoms with van der Waals surface area (Å²) in [6.45, 7) is 5.36. The number of amides is 1. The van der Waals surface area contributed by atoms with Gasteiger partial charge in [0.15, 0.2) is 0 Å². The van der Waals surface area contributed by atoms with E-state index < -0.39 is 5.97 Å². The van der Waals surface area contributed by atoms with Crippen molar-refractivity contribution in [3.8, 4) is 0 Å². The van der Waals surface area contributed by atoms with Crippen LogP contribution in [0.5, 0.6) is 0 Å². The molecule has 1 saturated heterocycles. The molecule has 1 aliphatic rings. The van der Waals surface area contributed by atoms with Crippen LogP contribution in [0.25, 0.3) is 0 Å². The number of piperidine rings is 1. The van der Waals surface area contributed by atoms with Gasteiger partial charge in [-0.05, 0) is 25.3 Å². The maximum Gasteiger partial charge on any atom is 0.322 e. The molecule has 0 aromatic heterocycles. The number of carboxylic acid groups (broad SMARTS) is 1. The Morgan fingerprint density at radius 2 is 2.17 bits per heavy atom. The zero-order valence-corrected chi connectivity index (χ0v) is 11.3. The summed E-state index contributed by atoms with van der Waals surface area (Å²) in [5, 5.41) is 10.9. The van der Waals surface area contributed by atoms with Crippen molar-refractivity contribution in [2.75, 3.05) is 19.6 Å². The predicted molar refractivity (Wildman–Crippen MR) is 69.3 cm³/mol. The van der Waals surface area contributed by atoms with Gasteiger partial charge in [-0.25, -0.2) is 0 Å². The molecule has 5 nitrogen and oxygen atoms in total. The van der Waals surface area contributed by atoms with E-state index in [0.717, 1.165) is 25.8 Å². The van der Waals surface area contributed by atoms with E-state index in [1.165, 1.54) is 6.42 Å². The van der Waals surface area contributed by atoms with Crippen molar-refractivity contribution in [3.63, 3.8) is 0 Å². The number of hydrogen-bond donors (Lipinski definition) is 2.